The Morgan fingerprint density at radius 2 is 2.08 bits per heavy atom. The van der Waals surface area contributed by atoms with Gasteiger partial charge in [0.2, 0.25) is 0 Å². The lowest BCUT2D eigenvalue weighted by molar-refractivity contribution is 0.0417. The highest BCUT2D eigenvalue weighted by molar-refractivity contribution is 4.86. The van der Waals surface area contributed by atoms with E-state index in [0.29, 0.717) is 6.54 Å². The molecule has 0 bridgehead atoms. The third kappa shape index (κ3) is 3.63. The minimum absolute atomic E-state index is 0.227. The van der Waals surface area contributed by atoms with E-state index >= 15 is 0 Å². The number of methoxy groups -OCH3 is 1. The van der Waals surface area contributed by atoms with Gasteiger partial charge in [-0.25, -0.2) is 0 Å². The highest BCUT2D eigenvalue weighted by Gasteiger charge is 2.30. The third-order valence-electron chi connectivity index (χ3n) is 2.82. The molecule has 0 radical (unpaired) electrons. The standard InChI is InChI=1S/C10H21NO2/c1-9(13-2)7-11-8-10(12)5-3-4-6-10/h9,11-12H,3-8H2,1-2H3. The summed E-state index contributed by atoms with van der Waals surface area (Å²) >= 11 is 0. The summed E-state index contributed by atoms with van der Waals surface area (Å²) in [7, 11) is 1.70. The number of ether oxygens (including phenoxy) is 1. The molecule has 13 heavy (non-hydrogen) atoms. The van der Waals surface area contributed by atoms with Crippen molar-refractivity contribution in [1.29, 1.82) is 0 Å². The van der Waals surface area contributed by atoms with Gasteiger partial charge in [-0.15, -0.1) is 0 Å². The second-order valence-corrected chi connectivity index (χ2v) is 4.11. The molecule has 1 unspecified atom stereocenters. The van der Waals surface area contributed by atoms with Gasteiger partial charge >= 0.3 is 0 Å². The molecule has 1 aliphatic carbocycles. The van der Waals surface area contributed by atoms with E-state index < -0.39 is 5.60 Å². The summed E-state index contributed by atoms with van der Waals surface area (Å²) in [4.78, 5) is 0. The van der Waals surface area contributed by atoms with Crippen LogP contribution >= 0.6 is 0 Å². The van der Waals surface area contributed by atoms with Crippen molar-refractivity contribution in [2.75, 3.05) is 20.2 Å². The summed E-state index contributed by atoms with van der Waals surface area (Å²) < 4.78 is 5.10. The predicted molar refractivity (Wildman–Crippen MR) is 52.8 cm³/mol. The lowest BCUT2D eigenvalue weighted by Gasteiger charge is -2.23. The van der Waals surface area contributed by atoms with Gasteiger partial charge in [-0.1, -0.05) is 12.8 Å². The molecular weight excluding hydrogens is 166 g/mol. The maximum Gasteiger partial charge on any atom is 0.0771 e. The van der Waals surface area contributed by atoms with Crippen molar-refractivity contribution < 1.29 is 9.84 Å². The molecule has 1 saturated carbocycles. The van der Waals surface area contributed by atoms with Gasteiger partial charge in [-0.2, -0.15) is 0 Å². The highest BCUT2D eigenvalue weighted by Crippen LogP contribution is 2.28. The average molecular weight is 187 g/mol. The van der Waals surface area contributed by atoms with E-state index in [1.165, 1.54) is 0 Å². The van der Waals surface area contributed by atoms with Gasteiger partial charge in [-0.3, -0.25) is 0 Å². The molecule has 2 N–H and O–H groups in total. The van der Waals surface area contributed by atoms with Crippen LogP contribution in [0.1, 0.15) is 32.6 Å². The van der Waals surface area contributed by atoms with E-state index in [1.807, 2.05) is 6.92 Å². The third-order valence-corrected chi connectivity index (χ3v) is 2.82. The van der Waals surface area contributed by atoms with E-state index in [0.717, 1.165) is 32.2 Å². The molecule has 0 spiro atoms. The fourth-order valence-corrected chi connectivity index (χ4v) is 1.80. The van der Waals surface area contributed by atoms with Gasteiger partial charge in [0.15, 0.2) is 0 Å². The topological polar surface area (TPSA) is 41.5 Å². The van der Waals surface area contributed by atoms with Crippen LogP contribution in [0.25, 0.3) is 0 Å². The molecule has 0 heterocycles. The number of rotatable bonds is 5. The van der Waals surface area contributed by atoms with Crippen LogP contribution in [0.2, 0.25) is 0 Å². The van der Waals surface area contributed by atoms with Crippen molar-refractivity contribution >= 4 is 0 Å². The van der Waals surface area contributed by atoms with Gasteiger partial charge in [0.1, 0.15) is 0 Å². The Bertz CT molecular complexity index is 144. The van der Waals surface area contributed by atoms with Gasteiger partial charge in [-0.05, 0) is 19.8 Å². The molecule has 1 fully saturated rings. The Kier molecular flexibility index (Phi) is 4.16. The lowest BCUT2D eigenvalue weighted by Crippen LogP contribution is -2.40. The first kappa shape index (κ1) is 11.0. The van der Waals surface area contributed by atoms with Crippen LogP contribution in [0.5, 0.6) is 0 Å². The minimum atomic E-state index is -0.437. The van der Waals surface area contributed by atoms with Crippen molar-refractivity contribution in [3.8, 4) is 0 Å². The van der Waals surface area contributed by atoms with E-state index in [-0.39, 0.29) is 6.10 Å². The Labute approximate surface area is 80.5 Å². The molecule has 3 heteroatoms. The number of aliphatic hydroxyl groups is 1. The Morgan fingerprint density at radius 1 is 1.46 bits per heavy atom. The first-order valence-corrected chi connectivity index (χ1v) is 5.12. The molecule has 1 aliphatic rings. The van der Waals surface area contributed by atoms with Crippen LogP contribution in [-0.2, 0) is 4.74 Å². The molecule has 0 aromatic rings. The monoisotopic (exact) mass is 187 g/mol. The van der Waals surface area contributed by atoms with Gasteiger partial charge in [0.25, 0.3) is 0 Å². The smallest absolute Gasteiger partial charge is 0.0771 e. The zero-order valence-corrected chi connectivity index (χ0v) is 8.68. The first-order valence-electron chi connectivity index (χ1n) is 5.12. The number of nitrogens with one attached hydrogen (secondary N) is 1. The minimum Gasteiger partial charge on any atom is -0.389 e. The molecule has 0 aromatic heterocycles. The first-order chi connectivity index (χ1) is 6.16. The van der Waals surface area contributed by atoms with Crippen LogP contribution < -0.4 is 5.32 Å². The van der Waals surface area contributed by atoms with Crippen LogP contribution in [0.3, 0.4) is 0 Å². The van der Waals surface area contributed by atoms with Crippen molar-refractivity contribution in [2.24, 2.45) is 0 Å². The highest BCUT2D eigenvalue weighted by atomic mass is 16.5. The molecular formula is C10H21NO2. The van der Waals surface area contributed by atoms with Crippen LogP contribution in [0, 0.1) is 0 Å². The van der Waals surface area contributed by atoms with Crippen LogP contribution in [0.15, 0.2) is 0 Å². The maximum absolute atomic E-state index is 9.97. The lowest BCUT2D eigenvalue weighted by atomic mass is 10.0. The Morgan fingerprint density at radius 3 is 2.62 bits per heavy atom. The van der Waals surface area contributed by atoms with Gasteiger partial charge < -0.3 is 15.2 Å². The fraction of sp³-hybridized carbons (Fsp3) is 1.00. The zero-order valence-electron chi connectivity index (χ0n) is 8.68. The second kappa shape index (κ2) is 4.94. The quantitative estimate of drug-likeness (QED) is 0.672. The summed E-state index contributed by atoms with van der Waals surface area (Å²) in [5, 5.41) is 13.2. The van der Waals surface area contributed by atoms with Gasteiger partial charge in [0, 0.05) is 20.2 Å². The van der Waals surface area contributed by atoms with Crippen molar-refractivity contribution in [1.82, 2.24) is 5.32 Å². The normalized spacial score (nSPS) is 23.3. The molecule has 0 aliphatic heterocycles. The molecule has 1 rings (SSSR count). The fourth-order valence-electron chi connectivity index (χ4n) is 1.80. The summed E-state index contributed by atoms with van der Waals surface area (Å²) in [5.41, 5.74) is -0.437. The summed E-state index contributed by atoms with van der Waals surface area (Å²) in [6, 6.07) is 0. The van der Waals surface area contributed by atoms with E-state index in [1.54, 1.807) is 7.11 Å². The Balaban J connectivity index is 2.11. The number of hydrogen-bond acceptors (Lipinski definition) is 3. The van der Waals surface area contributed by atoms with Crippen molar-refractivity contribution in [3.05, 3.63) is 0 Å². The second-order valence-electron chi connectivity index (χ2n) is 4.11. The summed E-state index contributed by atoms with van der Waals surface area (Å²) in [5.74, 6) is 0. The largest absolute Gasteiger partial charge is 0.389 e. The van der Waals surface area contributed by atoms with Crippen molar-refractivity contribution in [2.45, 2.75) is 44.3 Å². The van der Waals surface area contributed by atoms with Crippen molar-refractivity contribution in [3.63, 3.8) is 0 Å². The SMILES string of the molecule is COC(C)CNCC1(O)CCCC1. The van der Waals surface area contributed by atoms with E-state index in [9.17, 15) is 5.11 Å². The molecule has 1 atom stereocenters. The number of hydrogen-bond donors (Lipinski definition) is 2. The van der Waals surface area contributed by atoms with Crippen LogP contribution in [0.4, 0.5) is 0 Å². The summed E-state index contributed by atoms with van der Waals surface area (Å²) in [6.07, 6.45) is 4.45. The van der Waals surface area contributed by atoms with E-state index in [2.05, 4.69) is 5.32 Å². The molecule has 0 amide bonds. The average Bonchev–Trinajstić information content (AvgIpc) is 2.52. The zero-order chi connectivity index (χ0) is 9.73. The molecule has 3 nitrogen and oxygen atoms in total. The summed E-state index contributed by atoms with van der Waals surface area (Å²) in [6.45, 7) is 3.55. The molecule has 0 aromatic carbocycles. The Hall–Kier alpha value is -0.120. The van der Waals surface area contributed by atoms with E-state index in [4.69, 9.17) is 4.74 Å². The molecule has 78 valence electrons. The van der Waals surface area contributed by atoms with Gasteiger partial charge in [0.05, 0.1) is 11.7 Å². The van der Waals surface area contributed by atoms with Crippen LogP contribution in [-0.4, -0.2) is 37.0 Å². The molecule has 0 saturated heterocycles. The predicted octanol–water partition coefficient (Wildman–Crippen LogP) is 0.916. The maximum atomic E-state index is 9.97.